The third kappa shape index (κ3) is 3.36. The van der Waals surface area contributed by atoms with Crippen LogP contribution in [0, 0.1) is 5.92 Å². The highest BCUT2D eigenvalue weighted by molar-refractivity contribution is 7.90. The lowest BCUT2D eigenvalue weighted by Gasteiger charge is -2.18. The zero-order chi connectivity index (χ0) is 20.9. The van der Waals surface area contributed by atoms with Crippen molar-refractivity contribution < 1.29 is 18.0 Å². The van der Waals surface area contributed by atoms with Crippen molar-refractivity contribution in [3.63, 3.8) is 0 Å². The normalized spacial score (nSPS) is 19.9. The number of rotatable bonds is 4. The molecule has 0 bridgehead atoms. The molecule has 1 aromatic carbocycles. The molecule has 2 aromatic rings. The van der Waals surface area contributed by atoms with Crippen molar-refractivity contribution in [2.75, 3.05) is 5.32 Å². The number of nitrogens with one attached hydrogen (secondary N) is 1. The largest absolute Gasteiger partial charge is 0.298 e. The van der Waals surface area contributed by atoms with Crippen LogP contribution in [0.4, 0.5) is 5.13 Å². The van der Waals surface area contributed by atoms with Crippen molar-refractivity contribution in [1.29, 1.82) is 0 Å². The first-order valence-electron chi connectivity index (χ1n) is 9.75. The van der Waals surface area contributed by atoms with Gasteiger partial charge >= 0.3 is 0 Å². The first kappa shape index (κ1) is 20.0. The van der Waals surface area contributed by atoms with Crippen molar-refractivity contribution in [2.45, 2.75) is 57.4 Å². The number of carbonyl (C=O) groups is 2. The molecule has 1 N–H and O–H groups in total. The van der Waals surface area contributed by atoms with Crippen LogP contribution in [0.1, 0.15) is 64.9 Å². The van der Waals surface area contributed by atoms with E-state index >= 15 is 0 Å². The van der Waals surface area contributed by atoms with E-state index in [1.54, 1.807) is 13.8 Å². The predicted molar refractivity (Wildman–Crippen MR) is 111 cm³/mol. The summed E-state index contributed by atoms with van der Waals surface area (Å²) in [6.07, 6.45) is 4.16. The molecule has 1 aliphatic carbocycles. The highest BCUT2D eigenvalue weighted by Crippen LogP contribution is 2.35. The van der Waals surface area contributed by atoms with E-state index in [9.17, 15) is 18.0 Å². The third-order valence-electron chi connectivity index (χ3n) is 5.52. The minimum absolute atomic E-state index is 0.102. The fourth-order valence-electron chi connectivity index (χ4n) is 3.91. The molecule has 9 heteroatoms. The van der Waals surface area contributed by atoms with Crippen LogP contribution in [0.3, 0.4) is 0 Å². The summed E-state index contributed by atoms with van der Waals surface area (Å²) in [6.45, 7) is 5.47. The highest BCUT2D eigenvalue weighted by Gasteiger charge is 2.43. The van der Waals surface area contributed by atoms with Crippen molar-refractivity contribution in [3.8, 4) is 0 Å². The van der Waals surface area contributed by atoms with E-state index in [-0.39, 0.29) is 16.0 Å². The molecule has 1 atom stereocenters. The number of benzene rings is 1. The maximum absolute atomic E-state index is 12.7. The maximum Gasteiger partial charge on any atom is 0.269 e. The number of aryl methyl sites for hydroxylation is 1. The molecule has 1 unspecified atom stereocenters. The maximum atomic E-state index is 12.7. The number of nitrogens with zero attached hydrogens (tertiary/aromatic N) is 2. The number of hydrogen-bond donors (Lipinski definition) is 1. The quantitative estimate of drug-likeness (QED) is 0.796. The molecule has 4 rings (SSSR count). The van der Waals surface area contributed by atoms with Crippen LogP contribution in [0.15, 0.2) is 23.1 Å². The van der Waals surface area contributed by atoms with E-state index in [4.69, 9.17) is 0 Å². The Kier molecular flexibility index (Phi) is 4.98. The second kappa shape index (κ2) is 7.21. The van der Waals surface area contributed by atoms with Crippen molar-refractivity contribution in [3.05, 3.63) is 39.9 Å². The summed E-state index contributed by atoms with van der Waals surface area (Å²) in [5, 5.41) is 3.31. The fraction of sp³-hybridized carbons (Fsp3) is 0.450. The molecule has 0 saturated carbocycles. The van der Waals surface area contributed by atoms with Gasteiger partial charge in [0.15, 0.2) is 5.13 Å². The average molecular weight is 434 g/mol. The first-order chi connectivity index (χ1) is 13.7. The van der Waals surface area contributed by atoms with Gasteiger partial charge in [-0.1, -0.05) is 13.3 Å². The monoisotopic (exact) mass is 433 g/mol. The Morgan fingerprint density at radius 2 is 2.14 bits per heavy atom. The summed E-state index contributed by atoms with van der Waals surface area (Å²) in [5.74, 6) is -0.327. The second-order valence-electron chi connectivity index (χ2n) is 7.77. The van der Waals surface area contributed by atoms with Crippen molar-refractivity contribution >= 4 is 38.3 Å². The molecule has 0 radical (unpaired) electrons. The van der Waals surface area contributed by atoms with Crippen LogP contribution in [-0.4, -0.2) is 35.6 Å². The Morgan fingerprint density at radius 1 is 1.38 bits per heavy atom. The van der Waals surface area contributed by atoms with E-state index in [0.29, 0.717) is 11.0 Å². The summed E-state index contributed by atoms with van der Waals surface area (Å²) in [6, 6.07) is 3.67. The van der Waals surface area contributed by atoms with Crippen LogP contribution in [-0.2, 0) is 22.9 Å². The number of hydrogen-bond acceptors (Lipinski definition) is 6. The van der Waals surface area contributed by atoms with Gasteiger partial charge in [-0.15, -0.1) is 11.3 Å². The average Bonchev–Trinajstić information content (AvgIpc) is 3.16. The van der Waals surface area contributed by atoms with Crippen LogP contribution in [0.25, 0.3) is 0 Å². The minimum Gasteiger partial charge on any atom is -0.298 e. The van der Waals surface area contributed by atoms with Gasteiger partial charge in [-0.3, -0.25) is 14.9 Å². The standard InChI is InChI=1S/C20H23N3O4S2/c1-4-12-5-8-15-16(9-12)28-20(21-15)22-18(24)13-6-7-14-17(10-13)29(26,27)23(11(2)3)19(14)25/h6-7,10-12H,4-5,8-9H2,1-3H3,(H,21,22,24). The molecule has 2 amide bonds. The molecular formula is C20H23N3O4S2. The molecular weight excluding hydrogens is 410 g/mol. The van der Waals surface area contributed by atoms with Gasteiger partial charge in [-0.25, -0.2) is 17.7 Å². The molecule has 0 saturated heterocycles. The molecule has 2 aliphatic rings. The molecule has 0 spiro atoms. The fourth-order valence-corrected chi connectivity index (χ4v) is 6.82. The van der Waals surface area contributed by atoms with Crippen LogP contribution >= 0.6 is 11.3 Å². The Balaban J connectivity index is 1.59. The number of aromatic nitrogens is 1. The van der Waals surface area contributed by atoms with Crippen LogP contribution in [0.5, 0.6) is 0 Å². The molecule has 7 nitrogen and oxygen atoms in total. The number of carbonyl (C=O) groups excluding carboxylic acids is 2. The Hall–Kier alpha value is -2.26. The first-order valence-corrected chi connectivity index (χ1v) is 12.0. The number of thiazole rings is 1. The third-order valence-corrected chi connectivity index (χ3v) is 8.55. The summed E-state index contributed by atoms with van der Waals surface area (Å²) in [5.41, 5.74) is 1.33. The Morgan fingerprint density at radius 3 is 2.83 bits per heavy atom. The molecule has 1 aromatic heterocycles. The number of anilines is 1. The smallest absolute Gasteiger partial charge is 0.269 e. The lowest BCUT2D eigenvalue weighted by molar-refractivity contribution is 0.0846. The Labute approximate surface area is 174 Å². The molecule has 0 fully saturated rings. The summed E-state index contributed by atoms with van der Waals surface area (Å²) < 4.78 is 26.3. The summed E-state index contributed by atoms with van der Waals surface area (Å²) in [4.78, 5) is 30.8. The molecule has 154 valence electrons. The topological polar surface area (TPSA) is 96.4 Å². The SMILES string of the molecule is CCC1CCc2nc(NC(=O)c3ccc4c(c3)S(=O)(=O)N(C(C)C)C4=O)sc2C1. The van der Waals surface area contributed by atoms with E-state index in [0.717, 1.165) is 35.7 Å². The van der Waals surface area contributed by atoms with Gasteiger partial charge in [-0.05, 0) is 57.2 Å². The van der Waals surface area contributed by atoms with Crippen molar-refractivity contribution in [1.82, 2.24) is 9.29 Å². The van der Waals surface area contributed by atoms with E-state index < -0.39 is 27.9 Å². The second-order valence-corrected chi connectivity index (χ2v) is 10.6. The number of fused-ring (bicyclic) bond motifs is 2. The van der Waals surface area contributed by atoms with Gasteiger partial charge < -0.3 is 0 Å². The molecule has 29 heavy (non-hydrogen) atoms. The molecule has 1 aliphatic heterocycles. The number of amides is 2. The van der Waals surface area contributed by atoms with Gasteiger partial charge in [0.1, 0.15) is 4.90 Å². The lowest BCUT2D eigenvalue weighted by atomic mass is 9.89. The van der Waals surface area contributed by atoms with E-state index in [2.05, 4.69) is 17.2 Å². The highest BCUT2D eigenvalue weighted by atomic mass is 32.2. The van der Waals surface area contributed by atoms with Crippen LogP contribution in [0.2, 0.25) is 0 Å². The number of sulfonamides is 1. The van der Waals surface area contributed by atoms with Gasteiger partial charge in [0.2, 0.25) is 0 Å². The minimum atomic E-state index is -3.94. The summed E-state index contributed by atoms with van der Waals surface area (Å²) >= 11 is 1.48. The lowest BCUT2D eigenvalue weighted by Crippen LogP contribution is -2.36. The van der Waals surface area contributed by atoms with Gasteiger partial charge in [0, 0.05) is 16.5 Å². The van der Waals surface area contributed by atoms with Gasteiger partial charge in [-0.2, -0.15) is 0 Å². The predicted octanol–water partition coefficient (Wildman–Crippen LogP) is 3.46. The van der Waals surface area contributed by atoms with E-state index in [1.165, 1.54) is 34.4 Å². The van der Waals surface area contributed by atoms with E-state index in [1.807, 2.05) is 0 Å². The zero-order valence-electron chi connectivity index (χ0n) is 16.6. The zero-order valence-corrected chi connectivity index (χ0v) is 18.2. The molecule has 2 heterocycles. The van der Waals surface area contributed by atoms with Crippen molar-refractivity contribution in [2.24, 2.45) is 5.92 Å². The van der Waals surface area contributed by atoms with Gasteiger partial charge in [0.25, 0.3) is 21.8 Å². The van der Waals surface area contributed by atoms with Gasteiger partial charge in [0.05, 0.1) is 11.3 Å². The summed E-state index contributed by atoms with van der Waals surface area (Å²) in [7, 11) is -3.94. The van der Waals surface area contributed by atoms with Crippen LogP contribution < -0.4 is 5.32 Å². The Bertz CT molecular complexity index is 1100.